The molecule has 94 valence electrons. The number of nitrogens with zero attached hydrogens (tertiary/aromatic N) is 1. The fourth-order valence-electron chi connectivity index (χ4n) is 1.64. The summed E-state index contributed by atoms with van der Waals surface area (Å²) in [5, 5.41) is 9.51. The van der Waals surface area contributed by atoms with E-state index in [4.69, 9.17) is 4.74 Å². The van der Waals surface area contributed by atoms with Gasteiger partial charge in [0.15, 0.2) is 0 Å². The summed E-state index contributed by atoms with van der Waals surface area (Å²) in [6.07, 6.45) is 1.12. The summed E-state index contributed by atoms with van der Waals surface area (Å²) in [4.78, 5) is 4.14. The summed E-state index contributed by atoms with van der Waals surface area (Å²) in [7, 11) is 0. The molecular formula is C15H17NO2. The predicted octanol–water partition coefficient (Wildman–Crippen LogP) is 3.54. The molecule has 1 aromatic heterocycles. The largest absolute Gasteiger partial charge is 0.439 e. The van der Waals surface area contributed by atoms with Gasteiger partial charge < -0.3 is 9.84 Å². The van der Waals surface area contributed by atoms with Gasteiger partial charge in [0.2, 0.25) is 5.88 Å². The van der Waals surface area contributed by atoms with Crippen LogP contribution in [0.15, 0.2) is 36.5 Å². The first kappa shape index (κ1) is 12.6. The van der Waals surface area contributed by atoms with Crippen LogP contribution >= 0.6 is 0 Å². The molecule has 0 saturated carbocycles. The number of aryl methyl sites for hydroxylation is 2. The van der Waals surface area contributed by atoms with Crippen LogP contribution in [0.1, 0.15) is 29.7 Å². The molecule has 0 bridgehead atoms. The van der Waals surface area contributed by atoms with Crippen molar-refractivity contribution in [3.63, 3.8) is 0 Å². The summed E-state index contributed by atoms with van der Waals surface area (Å²) in [5.74, 6) is 1.25. The van der Waals surface area contributed by atoms with Gasteiger partial charge in [-0.3, -0.25) is 0 Å². The molecule has 1 heterocycles. The zero-order valence-corrected chi connectivity index (χ0v) is 10.8. The molecule has 2 aromatic rings. The first-order valence-corrected chi connectivity index (χ1v) is 5.95. The minimum Gasteiger partial charge on any atom is -0.439 e. The van der Waals surface area contributed by atoms with E-state index in [1.54, 1.807) is 25.3 Å². The monoisotopic (exact) mass is 243 g/mol. The molecule has 0 aliphatic rings. The van der Waals surface area contributed by atoms with Crippen LogP contribution in [0.2, 0.25) is 0 Å². The Morgan fingerprint density at radius 1 is 1.11 bits per heavy atom. The third-order valence-electron chi connectivity index (χ3n) is 2.94. The van der Waals surface area contributed by atoms with Crippen molar-refractivity contribution in [3.05, 3.63) is 53.2 Å². The van der Waals surface area contributed by atoms with E-state index in [9.17, 15) is 5.11 Å². The maximum Gasteiger partial charge on any atom is 0.219 e. The molecule has 0 aliphatic carbocycles. The van der Waals surface area contributed by atoms with Crippen molar-refractivity contribution in [2.24, 2.45) is 0 Å². The molecule has 0 saturated heterocycles. The quantitative estimate of drug-likeness (QED) is 0.896. The van der Waals surface area contributed by atoms with Gasteiger partial charge in [-0.25, -0.2) is 4.98 Å². The second-order valence-electron chi connectivity index (χ2n) is 4.45. The van der Waals surface area contributed by atoms with Gasteiger partial charge in [0, 0.05) is 12.3 Å². The number of aliphatic hydroxyl groups excluding tert-OH is 1. The Morgan fingerprint density at radius 2 is 1.89 bits per heavy atom. The molecule has 2 rings (SSSR count). The molecule has 0 aliphatic heterocycles. The normalized spacial score (nSPS) is 12.2. The van der Waals surface area contributed by atoms with E-state index in [1.165, 1.54) is 11.1 Å². The SMILES string of the molecule is Cc1ccc(Oc2cc(C(C)O)ccn2)cc1C. The van der Waals surface area contributed by atoms with Crippen LogP contribution in [0.25, 0.3) is 0 Å². The number of benzene rings is 1. The summed E-state index contributed by atoms with van der Waals surface area (Å²) in [5.41, 5.74) is 3.20. The van der Waals surface area contributed by atoms with Crippen LogP contribution < -0.4 is 4.74 Å². The number of aromatic nitrogens is 1. The highest BCUT2D eigenvalue weighted by atomic mass is 16.5. The van der Waals surface area contributed by atoms with Crippen molar-refractivity contribution in [1.29, 1.82) is 0 Å². The van der Waals surface area contributed by atoms with Gasteiger partial charge in [0.1, 0.15) is 5.75 Å². The van der Waals surface area contributed by atoms with Gasteiger partial charge in [-0.2, -0.15) is 0 Å². The third kappa shape index (κ3) is 2.87. The van der Waals surface area contributed by atoms with Crippen molar-refractivity contribution >= 4 is 0 Å². The molecule has 18 heavy (non-hydrogen) atoms. The molecule has 1 unspecified atom stereocenters. The molecule has 0 amide bonds. The average Bonchev–Trinajstić information content (AvgIpc) is 2.34. The van der Waals surface area contributed by atoms with E-state index in [2.05, 4.69) is 11.9 Å². The second-order valence-corrected chi connectivity index (χ2v) is 4.45. The van der Waals surface area contributed by atoms with E-state index in [-0.39, 0.29) is 0 Å². The number of rotatable bonds is 3. The highest BCUT2D eigenvalue weighted by Crippen LogP contribution is 2.24. The Kier molecular flexibility index (Phi) is 3.63. The highest BCUT2D eigenvalue weighted by molar-refractivity contribution is 5.36. The number of hydrogen-bond acceptors (Lipinski definition) is 3. The van der Waals surface area contributed by atoms with Crippen LogP contribution in [-0.2, 0) is 0 Å². The summed E-state index contributed by atoms with van der Waals surface area (Å²) in [6.45, 7) is 5.82. The van der Waals surface area contributed by atoms with Crippen molar-refractivity contribution in [3.8, 4) is 11.6 Å². The van der Waals surface area contributed by atoms with Gasteiger partial charge in [0.05, 0.1) is 6.10 Å². The molecular weight excluding hydrogens is 226 g/mol. The van der Waals surface area contributed by atoms with Gasteiger partial charge in [-0.05, 0) is 55.7 Å². The van der Waals surface area contributed by atoms with E-state index >= 15 is 0 Å². The van der Waals surface area contributed by atoms with Crippen LogP contribution in [0.4, 0.5) is 0 Å². The van der Waals surface area contributed by atoms with Crippen LogP contribution in [0, 0.1) is 13.8 Å². The Labute approximate surface area is 107 Å². The van der Waals surface area contributed by atoms with E-state index < -0.39 is 6.10 Å². The van der Waals surface area contributed by atoms with Crippen molar-refractivity contribution in [2.45, 2.75) is 26.9 Å². The van der Waals surface area contributed by atoms with Crippen LogP contribution in [0.3, 0.4) is 0 Å². The molecule has 1 atom stereocenters. The molecule has 1 aromatic carbocycles. The molecule has 0 spiro atoms. The highest BCUT2D eigenvalue weighted by Gasteiger charge is 2.05. The average molecular weight is 243 g/mol. The third-order valence-corrected chi connectivity index (χ3v) is 2.94. The molecule has 0 fully saturated rings. The topological polar surface area (TPSA) is 42.4 Å². The number of aliphatic hydroxyl groups is 1. The minimum absolute atomic E-state index is 0.497. The molecule has 3 nitrogen and oxygen atoms in total. The first-order chi connectivity index (χ1) is 8.56. The van der Waals surface area contributed by atoms with Gasteiger partial charge >= 0.3 is 0 Å². The Balaban J connectivity index is 2.23. The zero-order chi connectivity index (χ0) is 13.1. The zero-order valence-electron chi connectivity index (χ0n) is 10.8. The van der Waals surface area contributed by atoms with E-state index in [0.29, 0.717) is 5.88 Å². The van der Waals surface area contributed by atoms with Gasteiger partial charge in [-0.1, -0.05) is 6.07 Å². The maximum atomic E-state index is 9.51. The fourth-order valence-corrected chi connectivity index (χ4v) is 1.64. The Hall–Kier alpha value is -1.87. The lowest BCUT2D eigenvalue weighted by Crippen LogP contribution is -1.94. The van der Waals surface area contributed by atoms with Gasteiger partial charge in [0.25, 0.3) is 0 Å². The Morgan fingerprint density at radius 3 is 2.56 bits per heavy atom. The summed E-state index contributed by atoms with van der Waals surface area (Å²) >= 11 is 0. The number of pyridine rings is 1. The van der Waals surface area contributed by atoms with Gasteiger partial charge in [-0.15, -0.1) is 0 Å². The molecule has 1 N–H and O–H groups in total. The predicted molar refractivity (Wildman–Crippen MR) is 70.9 cm³/mol. The number of hydrogen-bond donors (Lipinski definition) is 1. The first-order valence-electron chi connectivity index (χ1n) is 5.95. The number of ether oxygens (including phenoxy) is 1. The summed E-state index contributed by atoms with van der Waals surface area (Å²) in [6, 6.07) is 9.44. The smallest absolute Gasteiger partial charge is 0.219 e. The second kappa shape index (κ2) is 5.19. The molecule has 0 radical (unpaired) electrons. The minimum atomic E-state index is -0.518. The lowest BCUT2D eigenvalue weighted by molar-refractivity contribution is 0.198. The van der Waals surface area contributed by atoms with E-state index in [1.807, 2.05) is 25.1 Å². The maximum absolute atomic E-state index is 9.51. The lowest BCUT2D eigenvalue weighted by atomic mass is 10.1. The van der Waals surface area contributed by atoms with Crippen molar-refractivity contribution in [2.75, 3.05) is 0 Å². The molecule has 3 heteroatoms. The van der Waals surface area contributed by atoms with E-state index in [0.717, 1.165) is 11.3 Å². The fraction of sp³-hybridized carbons (Fsp3) is 0.267. The van der Waals surface area contributed by atoms with Crippen LogP contribution in [-0.4, -0.2) is 10.1 Å². The van der Waals surface area contributed by atoms with Crippen molar-refractivity contribution in [1.82, 2.24) is 4.98 Å². The summed E-state index contributed by atoms with van der Waals surface area (Å²) < 4.78 is 5.68. The van der Waals surface area contributed by atoms with Crippen LogP contribution in [0.5, 0.6) is 11.6 Å². The lowest BCUT2D eigenvalue weighted by Gasteiger charge is -2.09. The Bertz CT molecular complexity index is 550. The standard InChI is InChI=1S/C15H17NO2/c1-10-4-5-14(8-11(10)2)18-15-9-13(12(3)17)6-7-16-15/h4-9,12,17H,1-3H3. The van der Waals surface area contributed by atoms with Crippen molar-refractivity contribution < 1.29 is 9.84 Å².